The smallest absolute Gasteiger partial charge is 0.251 e. The van der Waals surface area contributed by atoms with Gasteiger partial charge in [-0.15, -0.1) is 11.6 Å². The van der Waals surface area contributed by atoms with E-state index in [0.29, 0.717) is 18.7 Å². The van der Waals surface area contributed by atoms with Crippen molar-refractivity contribution in [2.75, 3.05) is 20.3 Å². The van der Waals surface area contributed by atoms with Crippen LogP contribution in [0.25, 0.3) is 0 Å². The standard InChI is InChI=1S/C13H18ClNO2/c1-9-4-5-11(6-10(9)2)13(16)15-7-12(14)8-17-3/h4-6,12H,7-8H2,1-3H3,(H,15,16). The molecule has 1 unspecified atom stereocenters. The summed E-state index contributed by atoms with van der Waals surface area (Å²) in [6, 6.07) is 5.64. The maximum atomic E-state index is 11.8. The van der Waals surface area contributed by atoms with Crippen molar-refractivity contribution in [3.8, 4) is 0 Å². The van der Waals surface area contributed by atoms with Gasteiger partial charge in [-0.25, -0.2) is 0 Å². The molecule has 0 aliphatic carbocycles. The first-order valence-corrected chi connectivity index (χ1v) is 5.96. The maximum Gasteiger partial charge on any atom is 0.251 e. The molecule has 0 heterocycles. The Balaban J connectivity index is 2.55. The van der Waals surface area contributed by atoms with Gasteiger partial charge < -0.3 is 10.1 Å². The zero-order valence-corrected chi connectivity index (χ0v) is 11.2. The molecule has 1 rings (SSSR count). The van der Waals surface area contributed by atoms with Gasteiger partial charge in [-0.05, 0) is 37.1 Å². The van der Waals surface area contributed by atoms with Crippen molar-refractivity contribution in [3.05, 3.63) is 34.9 Å². The fourth-order valence-electron chi connectivity index (χ4n) is 1.43. The molecule has 0 bridgehead atoms. The second-order valence-corrected chi connectivity index (χ2v) is 4.68. The second kappa shape index (κ2) is 6.62. The number of benzene rings is 1. The minimum atomic E-state index is -0.199. The van der Waals surface area contributed by atoms with E-state index in [1.165, 1.54) is 5.56 Å². The minimum absolute atomic E-state index is 0.102. The lowest BCUT2D eigenvalue weighted by atomic mass is 10.1. The third kappa shape index (κ3) is 4.36. The Bertz CT molecular complexity index is 393. The molecule has 0 radical (unpaired) electrons. The Morgan fingerprint density at radius 2 is 2.12 bits per heavy atom. The highest BCUT2D eigenvalue weighted by molar-refractivity contribution is 6.21. The topological polar surface area (TPSA) is 38.3 Å². The van der Waals surface area contributed by atoms with E-state index in [-0.39, 0.29) is 11.3 Å². The Morgan fingerprint density at radius 1 is 1.41 bits per heavy atom. The van der Waals surface area contributed by atoms with Gasteiger partial charge in [-0.2, -0.15) is 0 Å². The Kier molecular flexibility index (Phi) is 5.45. The Hall–Kier alpha value is -1.06. The quantitative estimate of drug-likeness (QED) is 0.820. The summed E-state index contributed by atoms with van der Waals surface area (Å²) in [5, 5.41) is 2.58. The first-order chi connectivity index (χ1) is 8.04. The molecule has 1 aromatic rings. The summed E-state index contributed by atoms with van der Waals surface area (Å²) in [4.78, 5) is 11.8. The van der Waals surface area contributed by atoms with E-state index in [1.807, 2.05) is 32.0 Å². The molecule has 0 aromatic heterocycles. The molecular formula is C13H18ClNO2. The molecule has 3 nitrogen and oxygen atoms in total. The number of ether oxygens (including phenoxy) is 1. The fourth-order valence-corrected chi connectivity index (χ4v) is 1.63. The Labute approximate surface area is 107 Å². The minimum Gasteiger partial charge on any atom is -0.383 e. The van der Waals surface area contributed by atoms with Crippen LogP contribution in [-0.4, -0.2) is 31.5 Å². The van der Waals surface area contributed by atoms with Crippen LogP contribution >= 0.6 is 11.6 Å². The average Bonchev–Trinajstić information content (AvgIpc) is 2.30. The average molecular weight is 256 g/mol. The van der Waals surface area contributed by atoms with Crippen LogP contribution in [0.2, 0.25) is 0 Å². The number of alkyl halides is 1. The molecule has 0 saturated carbocycles. The van der Waals surface area contributed by atoms with Gasteiger partial charge in [0.05, 0.1) is 12.0 Å². The van der Waals surface area contributed by atoms with E-state index in [1.54, 1.807) is 7.11 Å². The lowest BCUT2D eigenvalue weighted by Crippen LogP contribution is -2.31. The number of nitrogens with one attached hydrogen (secondary N) is 1. The first-order valence-electron chi connectivity index (χ1n) is 5.53. The van der Waals surface area contributed by atoms with Crippen molar-refractivity contribution in [3.63, 3.8) is 0 Å². The zero-order valence-electron chi connectivity index (χ0n) is 10.4. The van der Waals surface area contributed by atoms with E-state index in [9.17, 15) is 4.79 Å². The van der Waals surface area contributed by atoms with Gasteiger partial charge in [0, 0.05) is 19.2 Å². The maximum absolute atomic E-state index is 11.8. The largest absolute Gasteiger partial charge is 0.383 e. The van der Waals surface area contributed by atoms with E-state index in [4.69, 9.17) is 16.3 Å². The number of halogens is 1. The lowest BCUT2D eigenvalue weighted by Gasteiger charge is -2.10. The number of hydrogen-bond acceptors (Lipinski definition) is 2. The van der Waals surface area contributed by atoms with E-state index < -0.39 is 0 Å². The fraction of sp³-hybridized carbons (Fsp3) is 0.462. The highest BCUT2D eigenvalue weighted by atomic mass is 35.5. The van der Waals surface area contributed by atoms with Gasteiger partial charge in [0.25, 0.3) is 5.91 Å². The van der Waals surface area contributed by atoms with Crippen molar-refractivity contribution in [1.29, 1.82) is 0 Å². The predicted octanol–water partition coefficient (Wildman–Crippen LogP) is 2.29. The van der Waals surface area contributed by atoms with Crippen LogP contribution in [0.15, 0.2) is 18.2 Å². The number of carbonyl (C=O) groups is 1. The van der Waals surface area contributed by atoms with Gasteiger partial charge in [-0.1, -0.05) is 6.07 Å². The number of rotatable bonds is 5. The second-order valence-electron chi connectivity index (χ2n) is 4.06. The number of hydrogen-bond donors (Lipinski definition) is 1. The monoisotopic (exact) mass is 255 g/mol. The van der Waals surface area contributed by atoms with Gasteiger partial charge in [-0.3, -0.25) is 4.79 Å². The summed E-state index contributed by atoms with van der Waals surface area (Å²) in [6.45, 7) is 4.84. The van der Waals surface area contributed by atoms with Crippen LogP contribution in [0.4, 0.5) is 0 Å². The molecule has 17 heavy (non-hydrogen) atoms. The van der Waals surface area contributed by atoms with Crippen LogP contribution in [0.3, 0.4) is 0 Å². The normalized spacial score (nSPS) is 12.2. The van der Waals surface area contributed by atoms with Crippen LogP contribution in [0.5, 0.6) is 0 Å². The summed E-state index contributed by atoms with van der Waals surface area (Å²) in [5.41, 5.74) is 2.95. The molecule has 1 aromatic carbocycles. The SMILES string of the molecule is COCC(Cl)CNC(=O)c1ccc(C)c(C)c1. The zero-order chi connectivity index (χ0) is 12.8. The van der Waals surface area contributed by atoms with Crippen molar-refractivity contribution < 1.29 is 9.53 Å². The summed E-state index contributed by atoms with van der Waals surface area (Å²) in [5.74, 6) is -0.102. The van der Waals surface area contributed by atoms with E-state index >= 15 is 0 Å². The molecule has 94 valence electrons. The summed E-state index contributed by atoms with van der Waals surface area (Å²) in [7, 11) is 1.58. The number of methoxy groups -OCH3 is 1. The van der Waals surface area contributed by atoms with Gasteiger partial charge in [0.1, 0.15) is 0 Å². The Morgan fingerprint density at radius 3 is 2.71 bits per heavy atom. The summed E-state index contributed by atoms with van der Waals surface area (Å²) in [6.07, 6.45) is 0. The molecule has 1 amide bonds. The molecular weight excluding hydrogens is 238 g/mol. The van der Waals surface area contributed by atoms with E-state index in [0.717, 1.165) is 5.56 Å². The van der Waals surface area contributed by atoms with Crippen molar-refractivity contribution >= 4 is 17.5 Å². The van der Waals surface area contributed by atoms with Gasteiger partial charge in [0.15, 0.2) is 0 Å². The number of aryl methyl sites for hydroxylation is 2. The molecule has 0 saturated heterocycles. The molecule has 0 spiro atoms. The van der Waals surface area contributed by atoms with E-state index in [2.05, 4.69) is 5.32 Å². The summed E-state index contributed by atoms with van der Waals surface area (Å²) < 4.78 is 4.89. The highest BCUT2D eigenvalue weighted by Crippen LogP contribution is 2.09. The summed E-state index contributed by atoms with van der Waals surface area (Å²) >= 11 is 5.93. The molecule has 0 fully saturated rings. The first kappa shape index (κ1) is 14.0. The number of amides is 1. The van der Waals surface area contributed by atoms with Crippen LogP contribution in [0.1, 0.15) is 21.5 Å². The molecule has 1 atom stereocenters. The van der Waals surface area contributed by atoms with Gasteiger partial charge >= 0.3 is 0 Å². The molecule has 4 heteroatoms. The predicted molar refractivity (Wildman–Crippen MR) is 69.8 cm³/mol. The van der Waals surface area contributed by atoms with Crippen molar-refractivity contribution in [2.45, 2.75) is 19.2 Å². The molecule has 0 aliphatic heterocycles. The van der Waals surface area contributed by atoms with Crippen LogP contribution < -0.4 is 5.32 Å². The third-order valence-electron chi connectivity index (χ3n) is 2.60. The van der Waals surface area contributed by atoms with Crippen LogP contribution in [-0.2, 0) is 4.74 Å². The highest BCUT2D eigenvalue weighted by Gasteiger charge is 2.09. The van der Waals surface area contributed by atoms with Crippen molar-refractivity contribution in [1.82, 2.24) is 5.32 Å². The van der Waals surface area contributed by atoms with Crippen molar-refractivity contribution in [2.24, 2.45) is 0 Å². The molecule has 1 N–H and O–H groups in total. The lowest BCUT2D eigenvalue weighted by molar-refractivity contribution is 0.0949. The van der Waals surface area contributed by atoms with Crippen LogP contribution in [0, 0.1) is 13.8 Å². The number of carbonyl (C=O) groups excluding carboxylic acids is 1. The van der Waals surface area contributed by atoms with Gasteiger partial charge in [0.2, 0.25) is 0 Å². The third-order valence-corrected chi connectivity index (χ3v) is 2.88. The molecule has 0 aliphatic rings.